The van der Waals surface area contributed by atoms with Crippen LogP contribution in [-0.2, 0) is 6.54 Å². The normalized spacial score (nSPS) is 17.3. The molecule has 0 amide bonds. The number of ether oxygens (including phenoxy) is 1. The lowest BCUT2D eigenvalue weighted by atomic mass is 9.92. The Kier molecular flexibility index (Phi) is 4.28. The standard InChI is InChI=1S/C15H20F3NO/c1-11(2)14(6-7-14)10-19-9-12-4-3-5-13(8-12)20-15(16,17)18/h3-5,8,11,19H,6-7,9-10H2,1-2H3. The van der Waals surface area contributed by atoms with Crippen LogP contribution in [0.1, 0.15) is 32.3 Å². The summed E-state index contributed by atoms with van der Waals surface area (Å²) in [5, 5.41) is 3.34. The van der Waals surface area contributed by atoms with Gasteiger partial charge < -0.3 is 10.1 Å². The van der Waals surface area contributed by atoms with Crippen molar-refractivity contribution in [2.24, 2.45) is 11.3 Å². The largest absolute Gasteiger partial charge is 0.573 e. The van der Waals surface area contributed by atoms with Crippen molar-refractivity contribution in [1.82, 2.24) is 5.32 Å². The number of halogens is 3. The minimum atomic E-state index is -4.64. The van der Waals surface area contributed by atoms with Gasteiger partial charge in [0.25, 0.3) is 0 Å². The summed E-state index contributed by atoms with van der Waals surface area (Å²) >= 11 is 0. The van der Waals surface area contributed by atoms with Crippen LogP contribution in [0.4, 0.5) is 13.2 Å². The summed E-state index contributed by atoms with van der Waals surface area (Å²) in [5.74, 6) is 0.469. The van der Waals surface area contributed by atoms with Crippen LogP contribution >= 0.6 is 0 Å². The number of hydrogen-bond donors (Lipinski definition) is 1. The third-order valence-electron chi connectivity index (χ3n) is 4.06. The summed E-state index contributed by atoms with van der Waals surface area (Å²) in [4.78, 5) is 0. The Balaban J connectivity index is 1.86. The monoisotopic (exact) mass is 287 g/mol. The lowest BCUT2D eigenvalue weighted by Gasteiger charge is -2.20. The molecule has 0 heterocycles. The first-order valence-corrected chi connectivity index (χ1v) is 6.86. The van der Waals surface area contributed by atoms with Crippen molar-refractivity contribution >= 4 is 0 Å². The Morgan fingerprint density at radius 1 is 1.30 bits per heavy atom. The summed E-state index contributed by atoms with van der Waals surface area (Å²) in [7, 11) is 0. The summed E-state index contributed by atoms with van der Waals surface area (Å²) in [5.41, 5.74) is 1.19. The van der Waals surface area contributed by atoms with Gasteiger partial charge in [0.2, 0.25) is 0 Å². The average Bonchev–Trinajstić information content (AvgIpc) is 3.08. The number of hydrogen-bond acceptors (Lipinski definition) is 2. The van der Waals surface area contributed by atoms with Gasteiger partial charge in [-0.15, -0.1) is 13.2 Å². The Bertz CT molecular complexity index is 453. The van der Waals surface area contributed by atoms with Crippen molar-refractivity contribution < 1.29 is 17.9 Å². The maximum absolute atomic E-state index is 12.1. The quantitative estimate of drug-likeness (QED) is 0.850. The van der Waals surface area contributed by atoms with E-state index in [9.17, 15) is 13.2 Å². The van der Waals surface area contributed by atoms with Crippen molar-refractivity contribution in [2.45, 2.75) is 39.6 Å². The van der Waals surface area contributed by atoms with Gasteiger partial charge in [-0.1, -0.05) is 26.0 Å². The molecular formula is C15H20F3NO. The van der Waals surface area contributed by atoms with Crippen LogP contribution in [0.5, 0.6) is 5.75 Å². The summed E-state index contributed by atoms with van der Waals surface area (Å²) in [6.45, 7) is 5.90. The number of benzene rings is 1. The molecule has 1 aliphatic rings. The molecule has 0 saturated heterocycles. The molecular weight excluding hydrogens is 267 g/mol. The molecule has 0 aliphatic heterocycles. The average molecular weight is 287 g/mol. The van der Waals surface area contributed by atoms with Crippen LogP contribution in [-0.4, -0.2) is 12.9 Å². The first kappa shape index (κ1) is 15.2. The first-order valence-electron chi connectivity index (χ1n) is 6.86. The second-order valence-corrected chi connectivity index (χ2v) is 5.82. The lowest BCUT2D eigenvalue weighted by molar-refractivity contribution is -0.274. The highest BCUT2D eigenvalue weighted by Crippen LogP contribution is 2.51. The zero-order chi connectivity index (χ0) is 14.8. The predicted octanol–water partition coefficient (Wildman–Crippen LogP) is 4.11. The van der Waals surface area contributed by atoms with E-state index < -0.39 is 6.36 Å². The van der Waals surface area contributed by atoms with Crippen LogP contribution in [0.15, 0.2) is 24.3 Å². The Morgan fingerprint density at radius 2 is 2.00 bits per heavy atom. The number of alkyl halides is 3. The molecule has 112 valence electrons. The molecule has 0 radical (unpaired) electrons. The summed E-state index contributed by atoms with van der Waals surface area (Å²) in [6, 6.07) is 6.11. The van der Waals surface area contributed by atoms with Crippen LogP contribution in [0.3, 0.4) is 0 Å². The van der Waals surface area contributed by atoms with E-state index in [0.717, 1.165) is 12.1 Å². The minimum absolute atomic E-state index is 0.165. The van der Waals surface area contributed by atoms with E-state index in [4.69, 9.17) is 0 Å². The van der Waals surface area contributed by atoms with Crippen LogP contribution < -0.4 is 10.1 Å². The van der Waals surface area contributed by atoms with E-state index in [1.165, 1.54) is 25.0 Å². The molecule has 20 heavy (non-hydrogen) atoms. The molecule has 0 aromatic heterocycles. The topological polar surface area (TPSA) is 21.3 Å². The second kappa shape index (κ2) is 5.64. The van der Waals surface area contributed by atoms with E-state index in [1.807, 2.05) is 0 Å². The van der Waals surface area contributed by atoms with Crippen molar-refractivity contribution in [1.29, 1.82) is 0 Å². The maximum atomic E-state index is 12.1. The molecule has 2 rings (SSSR count). The van der Waals surface area contributed by atoms with E-state index in [-0.39, 0.29) is 5.75 Å². The van der Waals surface area contributed by atoms with Gasteiger partial charge >= 0.3 is 6.36 Å². The van der Waals surface area contributed by atoms with Crippen molar-refractivity contribution in [3.05, 3.63) is 29.8 Å². The molecule has 1 N–H and O–H groups in total. The van der Waals surface area contributed by atoms with Gasteiger partial charge in [0.1, 0.15) is 5.75 Å². The van der Waals surface area contributed by atoms with E-state index in [0.29, 0.717) is 17.9 Å². The Morgan fingerprint density at radius 3 is 2.55 bits per heavy atom. The Hall–Kier alpha value is -1.23. The van der Waals surface area contributed by atoms with Gasteiger partial charge in [-0.25, -0.2) is 0 Å². The zero-order valence-electron chi connectivity index (χ0n) is 11.8. The van der Waals surface area contributed by atoms with E-state index in [1.54, 1.807) is 12.1 Å². The van der Waals surface area contributed by atoms with Gasteiger partial charge in [-0.05, 0) is 41.9 Å². The molecule has 1 fully saturated rings. The molecule has 5 heteroatoms. The molecule has 1 aromatic rings. The molecule has 0 unspecified atom stereocenters. The number of rotatable bonds is 6. The van der Waals surface area contributed by atoms with Gasteiger partial charge in [0, 0.05) is 13.1 Å². The minimum Gasteiger partial charge on any atom is -0.406 e. The molecule has 2 nitrogen and oxygen atoms in total. The fourth-order valence-electron chi connectivity index (χ4n) is 2.43. The molecule has 1 saturated carbocycles. The van der Waals surface area contributed by atoms with Gasteiger partial charge in [0.05, 0.1) is 0 Å². The summed E-state index contributed by atoms with van der Waals surface area (Å²) < 4.78 is 40.3. The lowest BCUT2D eigenvalue weighted by Crippen LogP contribution is -2.27. The highest BCUT2D eigenvalue weighted by atomic mass is 19.4. The van der Waals surface area contributed by atoms with Crippen LogP contribution in [0.25, 0.3) is 0 Å². The molecule has 0 atom stereocenters. The van der Waals surface area contributed by atoms with Crippen LogP contribution in [0, 0.1) is 11.3 Å². The molecule has 1 aliphatic carbocycles. The first-order chi connectivity index (χ1) is 9.31. The van der Waals surface area contributed by atoms with Gasteiger partial charge in [-0.3, -0.25) is 0 Å². The maximum Gasteiger partial charge on any atom is 0.573 e. The fraction of sp³-hybridized carbons (Fsp3) is 0.600. The molecule has 0 spiro atoms. The number of nitrogens with one attached hydrogen (secondary N) is 1. The fourth-order valence-corrected chi connectivity index (χ4v) is 2.43. The zero-order valence-corrected chi connectivity index (χ0v) is 11.8. The van der Waals surface area contributed by atoms with E-state index >= 15 is 0 Å². The smallest absolute Gasteiger partial charge is 0.406 e. The predicted molar refractivity (Wildman–Crippen MR) is 71.3 cm³/mol. The van der Waals surface area contributed by atoms with Gasteiger partial charge in [0.15, 0.2) is 0 Å². The highest BCUT2D eigenvalue weighted by Gasteiger charge is 2.44. The highest BCUT2D eigenvalue weighted by molar-refractivity contribution is 5.28. The van der Waals surface area contributed by atoms with Crippen LogP contribution in [0.2, 0.25) is 0 Å². The SMILES string of the molecule is CC(C)C1(CNCc2cccc(OC(F)(F)F)c2)CC1. The third-order valence-corrected chi connectivity index (χ3v) is 4.06. The van der Waals surface area contributed by atoms with Crippen molar-refractivity contribution in [2.75, 3.05) is 6.54 Å². The van der Waals surface area contributed by atoms with Crippen molar-refractivity contribution in [3.8, 4) is 5.75 Å². The van der Waals surface area contributed by atoms with E-state index in [2.05, 4.69) is 23.9 Å². The third kappa shape index (κ3) is 4.13. The molecule has 1 aromatic carbocycles. The second-order valence-electron chi connectivity index (χ2n) is 5.82. The summed E-state index contributed by atoms with van der Waals surface area (Å²) in [6.07, 6.45) is -2.18. The van der Waals surface area contributed by atoms with Crippen molar-refractivity contribution in [3.63, 3.8) is 0 Å². The molecule has 0 bridgehead atoms. The van der Waals surface area contributed by atoms with Gasteiger partial charge in [-0.2, -0.15) is 0 Å². The Labute approximate surface area is 117 Å².